The molecule has 0 bridgehead atoms. The zero-order chi connectivity index (χ0) is 14.7. The van der Waals surface area contributed by atoms with Crippen molar-refractivity contribution in [1.29, 1.82) is 0 Å². The van der Waals surface area contributed by atoms with E-state index in [9.17, 15) is 4.79 Å². The lowest BCUT2D eigenvalue weighted by atomic mass is 9.94. The number of carbonyl (C=O) groups is 1. The number of thiazole rings is 1. The van der Waals surface area contributed by atoms with Crippen LogP contribution in [0.25, 0.3) is 10.6 Å². The minimum Gasteiger partial charge on any atom is -0.337 e. The maximum Gasteiger partial charge on any atom is 0.273 e. The Morgan fingerprint density at radius 1 is 1.19 bits per heavy atom. The number of hydrogen-bond acceptors (Lipinski definition) is 3. The SMILES string of the molecule is CN(C(=O)c1csc(-c2ccccc2)n1)C1CCCCC1. The van der Waals surface area contributed by atoms with Crippen LogP contribution in [0, 0.1) is 0 Å². The Hall–Kier alpha value is -1.68. The first-order valence-corrected chi connectivity index (χ1v) is 8.42. The second-order valence-corrected chi connectivity index (χ2v) is 6.47. The van der Waals surface area contributed by atoms with Gasteiger partial charge in [-0.15, -0.1) is 11.3 Å². The number of nitrogens with zero attached hydrogens (tertiary/aromatic N) is 2. The molecule has 1 aromatic carbocycles. The van der Waals surface area contributed by atoms with Crippen LogP contribution in [0.2, 0.25) is 0 Å². The molecule has 1 heterocycles. The van der Waals surface area contributed by atoms with Crippen LogP contribution in [0.3, 0.4) is 0 Å². The van der Waals surface area contributed by atoms with E-state index in [4.69, 9.17) is 0 Å². The second-order valence-electron chi connectivity index (χ2n) is 5.61. The van der Waals surface area contributed by atoms with Gasteiger partial charge < -0.3 is 4.90 Å². The molecular weight excluding hydrogens is 280 g/mol. The molecule has 0 spiro atoms. The monoisotopic (exact) mass is 300 g/mol. The van der Waals surface area contributed by atoms with Crippen molar-refractivity contribution in [2.75, 3.05) is 7.05 Å². The Balaban J connectivity index is 1.74. The topological polar surface area (TPSA) is 33.2 Å². The zero-order valence-corrected chi connectivity index (χ0v) is 13.1. The Morgan fingerprint density at radius 2 is 1.90 bits per heavy atom. The van der Waals surface area contributed by atoms with Crippen LogP contribution in [0.15, 0.2) is 35.7 Å². The Bertz CT molecular complexity index is 602. The van der Waals surface area contributed by atoms with Gasteiger partial charge in [0.1, 0.15) is 10.7 Å². The number of carbonyl (C=O) groups excluding carboxylic acids is 1. The van der Waals surface area contributed by atoms with Gasteiger partial charge >= 0.3 is 0 Å². The van der Waals surface area contributed by atoms with Gasteiger partial charge in [0.2, 0.25) is 0 Å². The molecule has 0 saturated heterocycles. The first kappa shape index (κ1) is 14.3. The quantitative estimate of drug-likeness (QED) is 0.850. The fourth-order valence-corrected chi connectivity index (χ4v) is 3.70. The third-order valence-electron chi connectivity index (χ3n) is 4.19. The smallest absolute Gasteiger partial charge is 0.273 e. The van der Waals surface area contributed by atoms with Gasteiger partial charge in [-0.05, 0) is 12.8 Å². The third-order valence-corrected chi connectivity index (χ3v) is 5.08. The van der Waals surface area contributed by atoms with Gasteiger partial charge in [-0.1, -0.05) is 49.6 Å². The highest BCUT2D eigenvalue weighted by Gasteiger charge is 2.24. The lowest BCUT2D eigenvalue weighted by Gasteiger charge is -2.30. The van der Waals surface area contributed by atoms with Crippen LogP contribution in [0.1, 0.15) is 42.6 Å². The van der Waals surface area contributed by atoms with E-state index >= 15 is 0 Å². The molecule has 0 N–H and O–H groups in total. The summed E-state index contributed by atoms with van der Waals surface area (Å²) in [5.41, 5.74) is 1.65. The van der Waals surface area contributed by atoms with Crippen LogP contribution in [0.5, 0.6) is 0 Å². The molecule has 110 valence electrons. The third kappa shape index (κ3) is 3.16. The summed E-state index contributed by atoms with van der Waals surface area (Å²) in [5.74, 6) is 0.0559. The average Bonchev–Trinajstić information content (AvgIpc) is 3.05. The van der Waals surface area contributed by atoms with E-state index in [1.165, 1.54) is 30.6 Å². The minimum absolute atomic E-state index is 0.0559. The molecule has 1 aliphatic rings. The van der Waals surface area contributed by atoms with E-state index in [1.807, 2.05) is 47.7 Å². The molecule has 0 radical (unpaired) electrons. The summed E-state index contributed by atoms with van der Waals surface area (Å²) in [6, 6.07) is 10.4. The molecule has 1 aliphatic carbocycles. The molecule has 0 unspecified atom stereocenters. The second kappa shape index (κ2) is 6.39. The van der Waals surface area contributed by atoms with Crippen molar-refractivity contribution in [3.8, 4) is 10.6 Å². The van der Waals surface area contributed by atoms with Crippen molar-refractivity contribution in [2.45, 2.75) is 38.1 Å². The van der Waals surface area contributed by atoms with Gasteiger partial charge in [-0.3, -0.25) is 4.79 Å². The van der Waals surface area contributed by atoms with E-state index in [-0.39, 0.29) is 5.91 Å². The first-order chi connectivity index (χ1) is 10.3. The predicted octanol–water partition coefficient (Wildman–Crippen LogP) is 4.21. The van der Waals surface area contributed by atoms with Gasteiger partial charge in [0.25, 0.3) is 5.91 Å². The van der Waals surface area contributed by atoms with Crippen molar-refractivity contribution >= 4 is 17.2 Å². The molecule has 1 amide bonds. The summed E-state index contributed by atoms with van der Waals surface area (Å²) < 4.78 is 0. The largest absolute Gasteiger partial charge is 0.337 e. The van der Waals surface area contributed by atoms with Crippen molar-refractivity contribution in [1.82, 2.24) is 9.88 Å². The summed E-state index contributed by atoms with van der Waals surface area (Å²) in [7, 11) is 1.92. The summed E-state index contributed by atoms with van der Waals surface area (Å²) >= 11 is 1.54. The summed E-state index contributed by atoms with van der Waals surface area (Å²) in [6.07, 6.45) is 6.01. The fraction of sp³-hybridized carbons (Fsp3) is 0.412. The molecule has 2 aromatic rings. The van der Waals surface area contributed by atoms with Gasteiger partial charge in [0, 0.05) is 24.0 Å². The maximum absolute atomic E-state index is 12.6. The Labute approximate surface area is 129 Å². The van der Waals surface area contributed by atoms with Crippen LogP contribution >= 0.6 is 11.3 Å². The molecule has 1 aromatic heterocycles. The van der Waals surface area contributed by atoms with Crippen LogP contribution in [0.4, 0.5) is 0 Å². The van der Waals surface area contributed by atoms with Gasteiger partial charge in [0.05, 0.1) is 0 Å². The lowest BCUT2D eigenvalue weighted by Crippen LogP contribution is -2.38. The average molecular weight is 300 g/mol. The molecule has 21 heavy (non-hydrogen) atoms. The zero-order valence-electron chi connectivity index (χ0n) is 12.3. The number of aromatic nitrogens is 1. The summed E-state index contributed by atoms with van der Waals surface area (Å²) in [4.78, 5) is 19.0. The van der Waals surface area contributed by atoms with Crippen molar-refractivity contribution < 1.29 is 4.79 Å². The normalized spacial score (nSPS) is 15.9. The summed E-state index contributed by atoms with van der Waals surface area (Å²) in [6.45, 7) is 0. The van der Waals surface area contributed by atoms with Crippen molar-refractivity contribution in [2.24, 2.45) is 0 Å². The number of rotatable bonds is 3. The van der Waals surface area contributed by atoms with Crippen LogP contribution in [-0.4, -0.2) is 28.9 Å². The highest BCUT2D eigenvalue weighted by Crippen LogP contribution is 2.26. The minimum atomic E-state index is 0.0559. The number of amides is 1. The molecule has 0 atom stereocenters. The fourth-order valence-electron chi connectivity index (χ4n) is 2.90. The molecular formula is C17H20N2OS. The highest BCUT2D eigenvalue weighted by molar-refractivity contribution is 7.13. The summed E-state index contributed by atoms with van der Waals surface area (Å²) in [5, 5.41) is 2.79. The van der Waals surface area contributed by atoms with Gasteiger partial charge in [0.15, 0.2) is 0 Å². The van der Waals surface area contributed by atoms with Crippen LogP contribution < -0.4 is 0 Å². The van der Waals surface area contributed by atoms with Crippen LogP contribution in [-0.2, 0) is 0 Å². The van der Waals surface area contributed by atoms with Crippen molar-refractivity contribution in [3.63, 3.8) is 0 Å². The van der Waals surface area contributed by atoms with E-state index in [0.29, 0.717) is 11.7 Å². The Kier molecular flexibility index (Phi) is 4.34. The van der Waals surface area contributed by atoms with E-state index in [2.05, 4.69) is 4.98 Å². The molecule has 4 heteroatoms. The van der Waals surface area contributed by atoms with E-state index in [0.717, 1.165) is 23.4 Å². The van der Waals surface area contributed by atoms with E-state index in [1.54, 1.807) is 0 Å². The molecule has 3 rings (SSSR count). The standard InChI is InChI=1S/C17H20N2OS/c1-19(14-10-6-3-7-11-14)17(20)15-12-21-16(18-15)13-8-4-2-5-9-13/h2,4-5,8-9,12,14H,3,6-7,10-11H2,1H3. The van der Waals surface area contributed by atoms with Gasteiger partial charge in [-0.25, -0.2) is 4.98 Å². The highest BCUT2D eigenvalue weighted by atomic mass is 32.1. The maximum atomic E-state index is 12.6. The number of hydrogen-bond donors (Lipinski definition) is 0. The Morgan fingerprint density at radius 3 is 2.62 bits per heavy atom. The van der Waals surface area contributed by atoms with Crippen molar-refractivity contribution in [3.05, 3.63) is 41.4 Å². The first-order valence-electron chi connectivity index (χ1n) is 7.54. The van der Waals surface area contributed by atoms with Gasteiger partial charge in [-0.2, -0.15) is 0 Å². The number of benzene rings is 1. The lowest BCUT2D eigenvalue weighted by molar-refractivity contribution is 0.0691. The molecule has 1 saturated carbocycles. The predicted molar refractivity (Wildman–Crippen MR) is 86.5 cm³/mol. The molecule has 3 nitrogen and oxygen atoms in total. The molecule has 0 aliphatic heterocycles. The molecule has 1 fully saturated rings. The van der Waals surface area contributed by atoms with E-state index < -0.39 is 0 Å².